The van der Waals surface area contributed by atoms with Crippen molar-refractivity contribution in [2.45, 2.75) is 26.0 Å². The number of furan rings is 1. The van der Waals surface area contributed by atoms with Gasteiger partial charge >= 0.3 is 11.4 Å². The minimum absolute atomic E-state index is 0.274. The molecule has 1 aliphatic rings. The van der Waals surface area contributed by atoms with Gasteiger partial charge < -0.3 is 14.6 Å². The first-order chi connectivity index (χ1) is 19.0. The van der Waals surface area contributed by atoms with E-state index >= 15 is 0 Å². The number of aromatic nitrogens is 1. The zero-order valence-corrected chi connectivity index (χ0v) is 22.6. The molecule has 10 heteroatoms. The summed E-state index contributed by atoms with van der Waals surface area (Å²) in [6.45, 7) is 6.70. The van der Waals surface area contributed by atoms with Crippen molar-refractivity contribution in [3.05, 3.63) is 95.5 Å². The summed E-state index contributed by atoms with van der Waals surface area (Å²) in [6, 6.07) is 21.2. The second-order valence-electron chi connectivity index (χ2n) is 9.59. The highest BCUT2D eigenvalue weighted by Crippen LogP contribution is 2.30. The number of anilines is 1. The molecule has 1 aliphatic heterocycles. The molecule has 2 atom stereocenters. The van der Waals surface area contributed by atoms with Crippen LogP contribution in [0.4, 0.5) is 5.69 Å². The van der Waals surface area contributed by atoms with E-state index in [0.29, 0.717) is 6.54 Å². The van der Waals surface area contributed by atoms with Crippen molar-refractivity contribution in [1.29, 1.82) is 0 Å². The lowest BCUT2D eigenvalue weighted by molar-refractivity contribution is 0.0925. The predicted molar refractivity (Wildman–Crippen MR) is 151 cm³/mol. The van der Waals surface area contributed by atoms with Gasteiger partial charge in [-0.1, -0.05) is 42.5 Å². The Labute approximate surface area is 230 Å². The quantitative estimate of drug-likeness (QED) is 0.282. The first-order valence-corrected chi connectivity index (χ1v) is 14.0. The van der Waals surface area contributed by atoms with Crippen molar-refractivity contribution < 1.29 is 22.2 Å². The number of carbonyl (C=O) groups is 1. The van der Waals surface area contributed by atoms with Crippen molar-refractivity contribution in [2.75, 3.05) is 37.6 Å². The molecule has 4 aromatic rings. The Morgan fingerprint density at radius 2 is 1.90 bits per heavy atom. The van der Waals surface area contributed by atoms with Gasteiger partial charge in [-0.2, -0.15) is 4.21 Å². The van der Waals surface area contributed by atoms with E-state index in [9.17, 15) is 9.00 Å². The van der Waals surface area contributed by atoms with Gasteiger partial charge in [0.25, 0.3) is 5.91 Å². The molecule has 1 saturated heterocycles. The molecule has 3 heterocycles. The number of para-hydroxylation sites is 1. The summed E-state index contributed by atoms with van der Waals surface area (Å²) in [6.07, 6.45) is 2.27. The number of amides is 1. The van der Waals surface area contributed by atoms with Gasteiger partial charge in [0.15, 0.2) is 11.3 Å². The fraction of sp³-hybridized carbons (Fsp3) is 0.310. The number of nitrogens with one attached hydrogen (secondary N) is 1. The van der Waals surface area contributed by atoms with Gasteiger partial charge in [-0.3, -0.25) is 23.4 Å². The van der Waals surface area contributed by atoms with Crippen LogP contribution >= 0.6 is 0 Å². The highest BCUT2D eigenvalue weighted by molar-refractivity contribution is 7.74. The molecule has 2 unspecified atom stereocenters. The summed E-state index contributed by atoms with van der Waals surface area (Å²) in [5.41, 5.74) is 4.51. The molecule has 0 spiro atoms. The Morgan fingerprint density at radius 1 is 1.10 bits per heavy atom. The number of hydrogen-bond donors (Lipinski definition) is 2. The third kappa shape index (κ3) is 6.90. The molecule has 5 rings (SSSR count). The molecule has 0 aliphatic carbocycles. The number of nitrogens with zero attached hydrogens (tertiary/aromatic N) is 3. The van der Waals surface area contributed by atoms with Gasteiger partial charge in [0.1, 0.15) is 0 Å². The zero-order chi connectivity index (χ0) is 27.2. The highest BCUT2D eigenvalue weighted by Gasteiger charge is 2.21. The van der Waals surface area contributed by atoms with Crippen molar-refractivity contribution in [3.8, 4) is 0 Å². The molecule has 2 aromatic heterocycles. The minimum Gasteiger partial charge on any atom is -0.449 e. The van der Waals surface area contributed by atoms with Crippen LogP contribution in [0, 0.1) is 0 Å². The molecule has 2 aromatic carbocycles. The molecule has 204 valence electrons. The number of hydrogen-bond acceptors (Lipinski definition) is 7. The third-order valence-electron chi connectivity index (χ3n) is 7.00. The molecule has 0 bridgehead atoms. The second-order valence-corrected chi connectivity index (χ2v) is 10.2. The number of rotatable bonds is 10. The molecule has 39 heavy (non-hydrogen) atoms. The zero-order valence-electron chi connectivity index (χ0n) is 21.8. The minimum atomic E-state index is -2.33. The lowest BCUT2D eigenvalue weighted by Gasteiger charge is -2.36. The Bertz CT molecular complexity index is 1420. The van der Waals surface area contributed by atoms with E-state index in [-0.39, 0.29) is 11.7 Å². The van der Waals surface area contributed by atoms with Crippen LogP contribution in [-0.2, 0) is 28.5 Å². The van der Waals surface area contributed by atoms with Gasteiger partial charge in [0.2, 0.25) is 0 Å². The number of piperazine rings is 1. The van der Waals surface area contributed by atoms with E-state index in [4.69, 9.17) is 13.2 Å². The van der Waals surface area contributed by atoms with Gasteiger partial charge in [0.05, 0.1) is 11.8 Å². The smallest absolute Gasteiger partial charge is 0.302 e. The Morgan fingerprint density at radius 3 is 2.62 bits per heavy atom. The van der Waals surface area contributed by atoms with Gasteiger partial charge in [0, 0.05) is 63.0 Å². The molecular weight excluding hydrogens is 516 g/mol. The van der Waals surface area contributed by atoms with E-state index in [1.165, 1.54) is 0 Å². The number of benzene rings is 2. The predicted octanol–water partition coefficient (Wildman–Crippen LogP) is 4.34. The summed E-state index contributed by atoms with van der Waals surface area (Å²) >= 11 is -2.33. The van der Waals surface area contributed by atoms with Crippen molar-refractivity contribution in [2.24, 2.45) is 0 Å². The Balaban J connectivity index is 1.17. The van der Waals surface area contributed by atoms with Crippen molar-refractivity contribution >= 4 is 33.9 Å². The molecular formula is C29H32N4O5S. The Kier molecular flexibility index (Phi) is 8.67. The van der Waals surface area contributed by atoms with E-state index in [2.05, 4.69) is 32.2 Å². The molecule has 2 N–H and O–H groups in total. The number of fused-ring (bicyclic) bond motifs is 1. The maximum absolute atomic E-state index is 12.9. The molecule has 0 saturated carbocycles. The monoisotopic (exact) mass is 548 g/mol. The van der Waals surface area contributed by atoms with Crippen molar-refractivity contribution in [1.82, 2.24) is 15.2 Å². The molecule has 1 amide bonds. The van der Waals surface area contributed by atoms with Crippen LogP contribution in [0.15, 0.2) is 77.3 Å². The van der Waals surface area contributed by atoms with E-state index in [1.54, 1.807) is 13.0 Å². The molecule has 0 radical (unpaired) electrons. The van der Waals surface area contributed by atoms with Gasteiger partial charge in [-0.05, 0) is 42.3 Å². The van der Waals surface area contributed by atoms with Crippen LogP contribution in [0.1, 0.15) is 40.4 Å². The lowest BCUT2D eigenvalue weighted by atomic mass is 10.1. The molecule has 1 fully saturated rings. The fourth-order valence-corrected chi connectivity index (χ4v) is 5.15. The fourth-order valence-electron chi connectivity index (χ4n) is 4.79. The normalized spacial score (nSPS) is 15.8. The van der Waals surface area contributed by atoms with Crippen LogP contribution in [0.3, 0.4) is 0 Å². The van der Waals surface area contributed by atoms with E-state index in [0.717, 1.165) is 72.6 Å². The van der Waals surface area contributed by atoms with Crippen LogP contribution < -0.4 is 10.2 Å². The van der Waals surface area contributed by atoms with E-state index in [1.807, 2.05) is 54.7 Å². The summed E-state index contributed by atoms with van der Waals surface area (Å²) in [5.74, 6) is -0.0107. The van der Waals surface area contributed by atoms with Crippen LogP contribution in [0.5, 0.6) is 0 Å². The SMILES string of the molecule is CC(OS(=O)O)c1ccc(CNC(=O)c2cc3cccc(N4CCN(CCc5ccccn5)CC4)c3o2)cc1. The maximum Gasteiger partial charge on any atom is 0.302 e. The van der Waals surface area contributed by atoms with Crippen LogP contribution in [0.2, 0.25) is 0 Å². The summed E-state index contributed by atoms with van der Waals surface area (Å²) < 4.78 is 30.7. The van der Waals surface area contributed by atoms with Gasteiger partial charge in [-0.25, -0.2) is 0 Å². The lowest BCUT2D eigenvalue weighted by Crippen LogP contribution is -2.47. The van der Waals surface area contributed by atoms with Gasteiger partial charge in [-0.15, -0.1) is 0 Å². The topological polar surface area (TPSA) is 108 Å². The first kappa shape index (κ1) is 27.0. The highest BCUT2D eigenvalue weighted by atomic mass is 32.2. The summed E-state index contributed by atoms with van der Waals surface area (Å²) in [7, 11) is 0. The summed E-state index contributed by atoms with van der Waals surface area (Å²) in [4.78, 5) is 22.1. The third-order valence-corrected chi connectivity index (χ3v) is 7.45. The second kappa shape index (κ2) is 12.5. The average Bonchev–Trinajstić information content (AvgIpc) is 3.40. The number of carbonyl (C=O) groups excluding carboxylic acids is 1. The first-order valence-electron chi connectivity index (χ1n) is 13.0. The maximum atomic E-state index is 12.9. The number of pyridine rings is 1. The summed E-state index contributed by atoms with van der Waals surface area (Å²) in [5, 5.41) is 3.81. The molecule has 9 nitrogen and oxygen atoms in total. The standard InChI is InChI=1S/C29H32N4O5S/c1-21(38-39(35)36)23-10-8-22(9-11-23)20-31-29(34)27-19-24-5-4-7-26(28(24)37-27)33-17-15-32(16-18-33)14-12-25-6-2-3-13-30-25/h2-11,13,19,21H,12,14-18,20H2,1H3,(H,31,34)(H,35,36). The van der Waals surface area contributed by atoms with Crippen LogP contribution in [-0.4, -0.2) is 57.3 Å². The largest absolute Gasteiger partial charge is 0.449 e. The van der Waals surface area contributed by atoms with E-state index < -0.39 is 17.5 Å². The van der Waals surface area contributed by atoms with Crippen molar-refractivity contribution in [3.63, 3.8) is 0 Å². The average molecular weight is 549 g/mol. The Hall–Kier alpha value is -3.57. The van der Waals surface area contributed by atoms with Crippen LogP contribution in [0.25, 0.3) is 11.0 Å².